The number of rotatable bonds is 5. The van der Waals surface area contributed by atoms with Crippen LogP contribution in [0.15, 0.2) is 16.6 Å². The number of nitrogens with one attached hydrogen (secondary N) is 1. The molecular weight excluding hydrogens is 324 g/mol. The van der Waals surface area contributed by atoms with E-state index in [-0.39, 0.29) is 11.6 Å². The highest BCUT2D eigenvalue weighted by molar-refractivity contribution is 9.10. The van der Waals surface area contributed by atoms with E-state index >= 15 is 0 Å². The largest absolute Gasteiger partial charge is 0.313 e. The second kappa shape index (κ2) is 7.51. The molecule has 1 atom stereocenters. The van der Waals surface area contributed by atoms with Gasteiger partial charge in [-0.3, -0.25) is 0 Å². The quantitative estimate of drug-likeness (QED) is 0.709. The summed E-state index contributed by atoms with van der Waals surface area (Å²) in [5.41, 5.74) is 0.165. The Balaban J connectivity index is 2.06. The summed E-state index contributed by atoms with van der Waals surface area (Å²) >= 11 is 3.14. The number of hydrogen-bond donors (Lipinski definition) is 1. The van der Waals surface area contributed by atoms with Gasteiger partial charge in [0.15, 0.2) is 0 Å². The van der Waals surface area contributed by atoms with Crippen molar-refractivity contribution < 1.29 is 8.78 Å². The molecule has 0 aliphatic heterocycles. The van der Waals surface area contributed by atoms with Gasteiger partial charge in [0, 0.05) is 11.6 Å². The Bertz CT molecular complexity index is 444. The molecule has 1 fully saturated rings. The standard InChI is InChI=1S/C16H22BrF2N/c1-20-14(10-7-11-5-3-2-4-6-11)15-13(18)9-8-12(17)16(15)19/h8-9,11,14,20H,2-7,10H2,1H3. The first-order valence-electron chi connectivity index (χ1n) is 7.44. The first-order chi connectivity index (χ1) is 9.63. The van der Waals surface area contributed by atoms with Gasteiger partial charge < -0.3 is 5.32 Å². The van der Waals surface area contributed by atoms with Gasteiger partial charge in [0.05, 0.1) is 4.47 Å². The molecule has 0 radical (unpaired) electrons. The van der Waals surface area contributed by atoms with Gasteiger partial charge in [-0.2, -0.15) is 0 Å². The zero-order valence-electron chi connectivity index (χ0n) is 11.9. The molecule has 1 nitrogen and oxygen atoms in total. The maximum Gasteiger partial charge on any atom is 0.145 e. The first-order valence-corrected chi connectivity index (χ1v) is 8.23. The fourth-order valence-corrected chi connectivity index (χ4v) is 3.52. The van der Waals surface area contributed by atoms with Gasteiger partial charge in [-0.05, 0) is 53.9 Å². The van der Waals surface area contributed by atoms with Crippen molar-refractivity contribution in [3.63, 3.8) is 0 Å². The van der Waals surface area contributed by atoms with Gasteiger partial charge in [0.1, 0.15) is 11.6 Å². The van der Waals surface area contributed by atoms with Crippen molar-refractivity contribution in [3.8, 4) is 0 Å². The lowest BCUT2D eigenvalue weighted by Gasteiger charge is -2.25. The third-order valence-corrected chi connectivity index (χ3v) is 4.98. The van der Waals surface area contributed by atoms with Crippen LogP contribution in [0.25, 0.3) is 0 Å². The molecule has 1 aliphatic rings. The average molecular weight is 346 g/mol. The summed E-state index contributed by atoms with van der Waals surface area (Å²) in [4.78, 5) is 0. The van der Waals surface area contributed by atoms with E-state index in [0.29, 0.717) is 4.47 Å². The minimum Gasteiger partial charge on any atom is -0.313 e. The minimum atomic E-state index is -0.479. The molecule has 0 amide bonds. The van der Waals surface area contributed by atoms with Crippen molar-refractivity contribution in [3.05, 3.63) is 33.8 Å². The Kier molecular flexibility index (Phi) is 5.97. The highest BCUT2D eigenvalue weighted by atomic mass is 79.9. The molecular formula is C16H22BrF2N. The predicted molar refractivity (Wildman–Crippen MR) is 81.7 cm³/mol. The zero-order valence-corrected chi connectivity index (χ0v) is 13.5. The van der Waals surface area contributed by atoms with Crippen molar-refractivity contribution in [2.75, 3.05) is 7.05 Å². The van der Waals surface area contributed by atoms with E-state index in [1.807, 2.05) is 0 Å². The Labute approximate surface area is 128 Å². The van der Waals surface area contributed by atoms with Crippen molar-refractivity contribution in [1.82, 2.24) is 5.32 Å². The van der Waals surface area contributed by atoms with E-state index in [1.54, 1.807) is 7.05 Å². The smallest absolute Gasteiger partial charge is 0.145 e. The molecule has 1 unspecified atom stereocenters. The second-order valence-electron chi connectivity index (χ2n) is 5.68. The number of hydrogen-bond acceptors (Lipinski definition) is 1. The van der Waals surface area contributed by atoms with Crippen molar-refractivity contribution in [1.29, 1.82) is 0 Å². The summed E-state index contributed by atoms with van der Waals surface area (Å²) in [7, 11) is 1.77. The molecule has 1 aliphatic carbocycles. The van der Waals surface area contributed by atoms with Gasteiger partial charge >= 0.3 is 0 Å². The molecule has 0 bridgehead atoms. The van der Waals surface area contributed by atoms with Crippen LogP contribution in [0.2, 0.25) is 0 Å². The van der Waals surface area contributed by atoms with E-state index in [2.05, 4.69) is 21.2 Å². The van der Waals surface area contributed by atoms with E-state index in [4.69, 9.17) is 0 Å². The van der Waals surface area contributed by atoms with Crippen LogP contribution in [0.4, 0.5) is 8.78 Å². The minimum absolute atomic E-state index is 0.165. The summed E-state index contributed by atoms with van der Waals surface area (Å²) in [5.74, 6) is -0.223. The molecule has 1 N–H and O–H groups in total. The lowest BCUT2D eigenvalue weighted by Crippen LogP contribution is -2.21. The zero-order chi connectivity index (χ0) is 14.5. The molecule has 0 spiro atoms. The molecule has 0 aromatic heterocycles. The first kappa shape index (κ1) is 15.9. The lowest BCUT2D eigenvalue weighted by atomic mass is 9.84. The van der Waals surface area contributed by atoms with Crippen LogP contribution in [0.5, 0.6) is 0 Å². The summed E-state index contributed by atoms with van der Waals surface area (Å²) in [5, 5.41) is 3.07. The molecule has 1 aromatic rings. The highest BCUT2D eigenvalue weighted by Gasteiger charge is 2.22. The third-order valence-electron chi connectivity index (χ3n) is 4.36. The fourth-order valence-electron chi connectivity index (χ4n) is 3.17. The average Bonchev–Trinajstić information content (AvgIpc) is 2.47. The van der Waals surface area contributed by atoms with E-state index in [0.717, 1.165) is 18.8 Å². The maximum atomic E-state index is 14.1. The Morgan fingerprint density at radius 2 is 1.95 bits per heavy atom. The van der Waals surface area contributed by atoms with Crippen LogP contribution in [-0.4, -0.2) is 7.05 Å². The van der Waals surface area contributed by atoms with Crippen LogP contribution < -0.4 is 5.32 Å². The van der Waals surface area contributed by atoms with Crippen LogP contribution in [-0.2, 0) is 0 Å². The summed E-state index contributed by atoms with van der Waals surface area (Å²) in [6.45, 7) is 0. The molecule has 0 heterocycles. The summed E-state index contributed by atoms with van der Waals surface area (Å²) in [6, 6.07) is 2.49. The van der Waals surface area contributed by atoms with E-state index in [9.17, 15) is 8.78 Å². The van der Waals surface area contributed by atoms with Crippen LogP contribution >= 0.6 is 15.9 Å². The van der Waals surface area contributed by atoms with Crippen LogP contribution in [0.3, 0.4) is 0 Å². The second-order valence-corrected chi connectivity index (χ2v) is 6.53. The predicted octanol–water partition coefficient (Wildman–Crippen LogP) is 5.35. The summed E-state index contributed by atoms with van der Waals surface area (Å²) in [6.07, 6.45) is 8.28. The fraction of sp³-hybridized carbons (Fsp3) is 0.625. The van der Waals surface area contributed by atoms with Gasteiger partial charge in [-0.1, -0.05) is 32.1 Å². The van der Waals surface area contributed by atoms with Crippen molar-refractivity contribution >= 4 is 15.9 Å². The topological polar surface area (TPSA) is 12.0 Å². The van der Waals surface area contributed by atoms with Gasteiger partial charge in [-0.15, -0.1) is 0 Å². The molecule has 20 heavy (non-hydrogen) atoms. The normalized spacial score (nSPS) is 18.2. The maximum absolute atomic E-state index is 14.1. The van der Waals surface area contributed by atoms with E-state index in [1.165, 1.54) is 44.2 Å². The van der Waals surface area contributed by atoms with Gasteiger partial charge in [0.25, 0.3) is 0 Å². The Morgan fingerprint density at radius 1 is 1.25 bits per heavy atom. The monoisotopic (exact) mass is 345 g/mol. The van der Waals surface area contributed by atoms with Crippen LogP contribution in [0, 0.1) is 17.6 Å². The van der Waals surface area contributed by atoms with Gasteiger partial charge in [0.2, 0.25) is 0 Å². The third kappa shape index (κ3) is 3.79. The molecule has 112 valence electrons. The molecule has 4 heteroatoms. The van der Waals surface area contributed by atoms with E-state index < -0.39 is 11.6 Å². The molecule has 2 rings (SSSR count). The highest BCUT2D eigenvalue weighted by Crippen LogP contribution is 2.33. The van der Waals surface area contributed by atoms with Crippen molar-refractivity contribution in [2.24, 2.45) is 5.92 Å². The summed E-state index contributed by atoms with van der Waals surface area (Å²) < 4.78 is 28.4. The molecule has 1 saturated carbocycles. The van der Waals surface area contributed by atoms with Crippen LogP contribution in [0.1, 0.15) is 56.6 Å². The lowest BCUT2D eigenvalue weighted by molar-refractivity contribution is 0.313. The molecule has 0 saturated heterocycles. The SMILES string of the molecule is CNC(CCC1CCCCC1)c1c(F)ccc(Br)c1F. The Hall–Kier alpha value is -0.480. The number of benzene rings is 1. The van der Waals surface area contributed by atoms with Crippen molar-refractivity contribution in [2.45, 2.75) is 51.0 Å². The number of halogens is 3. The Morgan fingerprint density at radius 3 is 2.60 bits per heavy atom. The van der Waals surface area contributed by atoms with Gasteiger partial charge in [-0.25, -0.2) is 8.78 Å². The molecule has 1 aromatic carbocycles.